The fourth-order valence-electron chi connectivity index (χ4n) is 4.77. The van der Waals surface area contributed by atoms with Crippen LogP contribution in [0, 0.1) is 11.8 Å². The molecule has 0 saturated heterocycles. The summed E-state index contributed by atoms with van der Waals surface area (Å²) in [7, 11) is 1.71. The van der Waals surface area contributed by atoms with E-state index in [0.29, 0.717) is 28.9 Å². The molecule has 2 aromatic heterocycles. The Hall–Kier alpha value is -4.19. The maximum atomic E-state index is 13.2. The Bertz CT molecular complexity index is 1470. The largest absolute Gasteiger partial charge is 0.434 e. The fraction of sp³-hybridized carbons (Fsp3) is 0.208. The Morgan fingerprint density at radius 2 is 2.03 bits per heavy atom. The van der Waals surface area contributed by atoms with Crippen LogP contribution in [0.2, 0.25) is 0 Å². The Labute approximate surface area is 186 Å². The van der Waals surface area contributed by atoms with Gasteiger partial charge in [0.15, 0.2) is 0 Å². The molecule has 164 valence electrons. The molecule has 1 amide bonds. The molecule has 2 aliphatic rings. The molecule has 4 aromatic rings. The third-order valence-electron chi connectivity index (χ3n) is 6.19. The minimum atomic E-state index is -3.00. The first kappa shape index (κ1) is 19.5. The predicted molar refractivity (Wildman–Crippen MR) is 113 cm³/mol. The Morgan fingerprint density at radius 3 is 2.82 bits per heavy atom. The number of benzene rings is 2. The number of aromatic nitrogens is 3. The number of hydrogen-bond acceptors (Lipinski definition) is 5. The lowest BCUT2D eigenvalue weighted by Crippen LogP contribution is -2.30. The van der Waals surface area contributed by atoms with E-state index in [1.807, 2.05) is 22.8 Å². The third-order valence-corrected chi connectivity index (χ3v) is 6.19. The smallest absolute Gasteiger partial charge is 0.387 e. The van der Waals surface area contributed by atoms with E-state index >= 15 is 0 Å². The summed E-state index contributed by atoms with van der Waals surface area (Å²) in [5.41, 5.74) is 3.79. The van der Waals surface area contributed by atoms with Crippen molar-refractivity contribution >= 4 is 16.9 Å². The molecule has 9 heteroatoms. The minimum Gasteiger partial charge on any atom is -0.434 e. The summed E-state index contributed by atoms with van der Waals surface area (Å²) < 4.78 is 38.0. The number of imidazole rings is 1. The number of hydrogen-bond donors (Lipinski definition) is 0. The van der Waals surface area contributed by atoms with Crippen LogP contribution in [0.5, 0.6) is 5.75 Å². The van der Waals surface area contributed by atoms with Gasteiger partial charge in [-0.2, -0.15) is 8.78 Å². The number of fused-ring (bicyclic) bond motifs is 9. The number of carbonyl (C=O) groups is 1. The minimum absolute atomic E-state index is 0.00741. The van der Waals surface area contributed by atoms with Crippen molar-refractivity contribution in [2.24, 2.45) is 0 Å². The van der Waals surface area contributed by atoms with Crippen molar-refractivity contribution in [2.45, 2.75) is 25.1 Å². The highest BCUT2D eigenvalue weighted by Gasteiger charge is 2.44. The molecule has 4 heterocycles. The average Bonchev–Trinajstić information content (AvgIpc) is 3.51. The highest BCUT2D eigenvalue weighted by molar-refractivity contribution is 5.97. The SMILES string of the molecule is CN1C(=O)c2cccc(OC(F)F)c2[C@H]2C[C@@H]1c1nc3ccc(C#Cc4cnoc4)cc3n12. The molecule has 0 N–H and O–H groups in total. The molecule has 0 unspecified atom stereocenters. The van der Waals surface area contributed by atoms with E-state index in [9.17, 15) is 13.6 Å². The van der Waals surface area contributed by atoms with E-state index in [1.165, 1.54) is 18.5 Å². The molecule has 33 heavy (non-hydrogen) atoms. The van der Waals surface area contributed by atoms with Crippen LogP contribution >= 0.6 is 0 Å². The van der Waals surface area contributed by atoms with Crippen LogP contribution in [0.15, 0.2) is 53.4 Å². The van der Waals surface area contributed by atoms with Crippen molar-refractivity contribution in [3.05, 3.63) is 76.9 Å². The second kappa shape index (κ2) is 7.17. The summed E-state index contributed by atoms with van der Waals surface area (Å²) in [5, 5.41) is 3.64. The van der Waals surface area contributed by atoms with Gasteiger partial charge in [0, 0.05) is 30.2 Å². The monoisotopic (exact) mass is 446 g/mol. The van der Waals surface area contributed by atoms with E-state index in [0.717, 1.165) is 16.6 Å². The molecule has 2 aromatic carbocycles. The van der Waals surface area contributed by atoms with Crippen molar-refractivity contribution in [2.75, 3.05) is 7.05 Å². The standard InChI is InChI=1S/C24H16F2N4O3/c1-29-19-10-18(21-15(23(29)31)3-2-4-20(21)33-24(25)26)30-17-9-13(5-6-14-11-27-32-12-14)7-8-16(17)28-22(19)30/h2-4,7-9,11-12,18-19,24H,10H2,1H3/t18-,19-/m1/s1. The fourth-order valence-corrected chi connectivity index (χ4v) is 4.77. The number of halogens is 2. The van der Waals surface area contributed by atoms with E-state index in [-0.39, 0.29) is 23.7 Å². The van der Waals surface area contributed by atoms with Gasteiger partial charge in [-0.15, -0.1) is 0 Å². The molecule has 0 fully saturated rings. The summed E-state index contributed by atoms with van der Waals surface area (Å²) in [5.74, 6) is 6.56. The van der Waals surface area contributed by atoms with Gasteiger partial charge in [-0.25, -0.2) is 4.98 Å². The number of alkyl halides is 2. The summed E-state index contributed by atoms with van der Waals surface area (Å²) >= 11 is 0. The Kier molecular flexibility index (Phi) is 4.23. The van der Waals surface area contributed by atoms with E-state index in [2.05, 4.69) is 17.0 Å². The number of ether oxygens (including phenoxy) is 1. The van der Waals surface area contributed by atoms with Gasteiger partial charge in [0.25, 0.3) is 5.91 Å². The summed E-state index contributed by atoms with van der Waals surface area (Å²) in [6.07, 6.45) is 3.51. The summed E-state index contributed by atoms with van der Waals surface area (Å²) in [6, 6.07) is 9.68. The molecule has 7 nitrogen and oxygen atoms in total. The highest BCUT2D eigenvalue weighted by Crippen LogP contribution is 2.49. The first-order chi connectivity index (χ1) is 16.0. The van der Waals surface area contributed by atoms with Crippen molar-refractivity contribution in [3.63, 3.8) is 0 Å². The lowest BCUT2D eigenvalue weighted by molar-refractivity contribution is -0.0507. The van der Waals surface area contributed by atoms with Gasteiger partial charge < -0.3 is 18.7 Å². The zero-order valence-corrected chi connectivity index (χ0v) is 17.3. The topological polar surface area (TPSA) is 73.4 Å². The van der Waals surface area contributed by atoms with Gasteiger partial charge in [0.1, 0.15) is 17.8 Å². The van der Waals surface area contributed by atoms with Crippen LogP contribution in [0.4, 0.5) is 8.78 Å². The summed E-state index contributed by atoms with van der Waals surface area (Å²) in [4.78, 5) is 19.6. The number of rotatable bonds is 2. The second-order valence-corrected chi connectivity index (χ2v) is 7.99. The van der Waals surface area contributed by atoms with Crippen molar-refractivity contribution in [3.8, 4) is 17.6 Å². The number of amides is 1. The molecular weight excluding hydrogens is 430 g/mol. The van der Waals surface area contributed by atoms with Crippen molar-refractivity contribution in [1.29, 1.82) is 0 Å². The normalized spacial score (nSPS) is 18.7. The van der Waals surface area contributed by atoms with Gasteiger partial charge in [-0.1, -0.05) is 23.1 Å². The van der Waals surface area contributed by atoms with Gasteiger partial charge in [0.2, 0.25) is 0 Å². The highest BCUT2D eigenvalue weighted by atomic mass is 19.3. The first-order valence-corrected chi connectivity index (χ1v) is 10.3. The van der Waals surface area contributed by atoms with E-state index in [4.69, 9.17) is 14.2 Å². The molecule has 2 aliphatic heterocycles. The predicted octanol–water partition coefficient (Wildman–Crippen LogP) is 4.15. The van der Waals surface area contributed by atoms with Gasteiger partial charge in [0.05, 0.1) is 34.9 Å². The van der Waals surface area contributed by atoms with Crippen molar-refractivity contribution in [1.82, 2.24) is 19.6 Å². The maximum Gasteiger partial charge on any atom is 0.387 e. The van der Waals surface area contributed by atoms with Gasteiger partial charge >= 0.3 is 6.61 Å². The zero-order valence-electron chi connectivity index (χ0n) is 17.3. The van der Waals surface area contributed by atoms with Crippen molar-refractivity contribution < 1.29 is 22.8 Å². The lowest BCUT2D eigenvalue weighted by atomic mass is 9.97. The zero-order chi connectivity index (χ0) is 22.7. The number of carbonyl (C=O) groups excluding carboxylic acids is 1. The van der Waals surface area contributed by atoms with Gasteiger partial charge in [-0.05, 0) is 30.3 Å². The molecule has 6 rings (SSSR count). The van der Waals surface area contributed by atoms with Crippen LogP contribution in [-0.2, 0) is 0 Å². The molecule has 0 aliphatic carbocycles. The average molecular weight is 446 g/mol. The maximum absolute atomic E-state index is 13.2. The quantitative estimate of drug-likeness (QED) is 0.433. The molecular formula is C24H16F2N4O3. The molecule has 0 spiro atoms. The Morgan fingerprint density at radius 1 is 1.18 bits per heavy atom. The van der Waals surface area contributed by atoms with Crippen LogP contribution < -0.4 is 4.74 Å². The van der Waals surface area contributed by atoms with E-state index < -0.39 is 6.61 Å². The molecule has 2 atom stereocenters. The molecule has 0 saturated carbocycles. The van der Waals surface area contributed by atoms with Crippen LogP contribution in [0.3, 0.4) is 0 Å². The van der Waals surface area contributed by atoms with Gasteiger partial charge in [-0.3, -0.25) is 4.79 Å². The summed E-state index contributed by atoms with van der Waals surface area (Å²) in [6.45, 7) is -3.00. The van der Waals surface area contributed by atoms with Crippen LogP contribution in [0.25, 0.3) is 11.0 Å². The molecule has 2 bridgehead atoms. The first-order valence-electron chi connectivity index (χ1n) is 10.3. The third kappa shape index (κ3) is 2.98. The second-order valence-electron chi connectivity index (χ2n) is 7.99. The van der Waals surface area contributed by atoms with E-state index in [1.54, 1.807) is 24.1 Å². The number of nitrogens with zero attached hydrogens (tertiary/aromatic N) is 4. The lowest BCUT2D eigenvalue weighted by Gasteiger charge is -2.24. The Balaban J connectivity index is 1.55. The van der Waals surface area contributed by atoms with Crippen LogP contribution in [-0.4, -0.2) is 39.2 Å². The molecule has 0 radical (unpaired) electrons. The van der Waals surface area contributed by atoms with Crippen LogP contribution in [0.1, 0.15) is 51.4 Å².